The zero-order chi connectivity index (χ0) is 17.6. The number of nitrogens with one attached hydrogen (secondary N) is 2. The van der Waals surface area contributed by atoms with Gasteiger partial charge in [-0.2, -0.15) is 0 Å². The second-order valence-corrected chi connectivity index (χ2v) is 7.12. The van der Waals surface area contributed by atoms with E-state index in [4.69, 9.17) is 5.73 Å². The molecule has 1 aromatic carbocycles. The van der Waals surface area contributed by atoms with Gasteiger partial charge in [-0.15, -0.1) is 22.7 Å². The van der Waals surface area contributed by atoms with Crippen LogP contribution in [0.5, 0.6) is 0 Å². The minimum absolute atomic E-state index is 0.102. The summed E-state index contributed by atoms with van der Waals surface area (Å²) in [6.07, 6.45) is 1.84. The average Bonchev–Trinajstić information content (AvgIpc) is 3.28. The number of thiophene rings is 1. The lowest BCUT2D eigenvalue weighted by Crippen LogP contribution is -2.34. The number of hydrogen-bond donors (Lipinski definition) is 3. The number of carbonyl (C=O) groups excluding carboxylic acids is 2. The van der Waals surface area contributed by atoms with E-state index in [1.54, 1.807) is 6.20 Å². The van der Waals surface area contributed by atoms with Crippen LogP contribution in [-0.4, -0.2) is 16.9 Å². The number of amides is 3. The molecule has 8 heteroatoms. The van der Waals surface area contributed by atoms with Crippen molar-refractivity contribution < 1.29 is 9.59 Å². The highest BCUT2D eigenvalue weighted by molar-refractivity contribution is 7.13. The molecule has 0 spiro atoms. The Morgan fingerprint density at radius 2 is 2.04 bits per heavy atom. The largest absolute Gasteiger partial charge is 0.352 e. The van der Waals surface area contributed by atoms with Gasteiger partial charge in [0, 0.05) is 27.7 Å². The number of rotatable bonds is 6. The summed E-state index contributed by atoms with van der Waals surface area (Å²) < 4.78 is 0. The Balaban J connectivity index is 1.69. The van der Waals surface area contributed by atoms with Crippen molar-refractivity contribution in [3.63, 3.8) is 0 Å². The molecule has 3 amide bonds. The number of hydrogen-bond acceptors (Lipinski definition) is 5. The molecule has 0 aliphatic rings. The van der Waals surface area contributed by atoms with Crippen molar-refractivity contribution >= 4 is 40.3 Å². The molecule has 1 atom stereocenters. The van der Waals surface area contributed by atoms with E-state index in [0.29, 0.717) is 5.69 Å². The summed E-state index contributed by atoms with van der Waals surface area (Å²) in [4.78, 5) is 28.7. The van der Waals surface area contributed by atoms with Crippen LogP contribution < -0.4 is 16.4 Å². The Morgan fingerprint density at radius 3 is 2.72 bits per heavy atom. The summed E-state index contributed by atoms with van der Waals surface area (Å²) in [6, 6.07) is 10.1. The number of benzene rings is 1. The van der Waals surface area contributed by atoms with E-state index >= 15 is 0 Å². The normalized spacial score (nSPS) is 11.7. The van der Waals surface area contributed by atoms with Crippen LogP contribution in [0, 0.1) is 0 Å². The Morgan fingerprint density at radius 1 is 1.16 bits per heavy atom. The van der Waals surface area contributed by atoms with Crippen molar-refractivity contribution in [1.82, 2.24) is 10.3 Å². The van der Waals surface area contributed by atoms with Gasteiger partial charge in [-0.3, -0.25) is 4.79 Å². The van der Waals surface area contributed by atoms with E-state index in [1.807, 2.05) is 47.2 Å². The Labute approximate surface area is 152 Å². The van der Waals surface area contributed by atoms with Crippen LogP contribution in [-0.2, 0) is 4.79 Å². The molecule has 0 aliphatic heterocycles. The lowest BCUT2D eigenvalue weighted by Gasteiger charge is -2.16. The zero-order valence-electron chi connectivity index (χ0n) is 13.1. The lowest BCUT2D eigenvalue weighted by molar-refractivity contribution is -0.116. The quantitative estimate of drug-likeness (QED) is 0.616. The van der Waals surface area contributed by atoms with E-state index in [9.17, 15) is 9.59 Å². The van der Waals surface area contributed by atoms with Crippen LogP contribution in [0.15, 0.2) is 53.4 Å². The Hall–Kier alpha value is -2.71. The first-order chi connectivity index (χ1) is 12.1. The summed E-state index contributed by atoms with van der Waals surface area (Å²) in [5.74, 6) is -0.205. The fourth-order valence-corrected chi connectivity index (χ4v) is 3.79. The highest BCUT2D eigenvalue weighted by atomic mass is 32.1. The maximum Gasteiger partial charge on any atom is 0.312 e. The molecule has 2 aromatic heterocycles. The summed E-state index contributed by atoms with van der Waals surface area (Å²) in [5, 5.41) is 10.2. The van der Waals surface area contributed by atoms with E-state index in [2.05, 4.69) is 15.6 Å². The molecule has 0 fully saturated rings. The Bertz CT molecular complexity index is 847. The van der Waals surface area contributed by atoms with E-state index in [0.717, 1.165) is 15.4 Å². The zero-order valence-corrected chi connectivity index (χ0v) is 14.8. The van der Waals surface area contributed by atoms with Gasteiger partial charge >= 0.3 is 6.03 Å². The van der Waals surface area contributed by atoms with Crippen molar-refractivity contribution in [3.05, 3.63) is 58.2 Å². The van der Waals surface area contributed by atoms with Crippen LogP contribution in [0.2, 0.25) is 0 Å². The minimum atomic E-state index is -0.656. The molecular formula is C17H16N4O2S2. The van der Waals surface area contributed by atoms with E-state index < -0.39 is 12.1 Å². The minimum Gasteiger partial charge on any atom is -0.352 e. The number of aromatic nitrogens is 1. The maximum atomic E-state index is 12.4. The summed E-state index contributed by atoms with van der Waals surface area (Å²) in [5.41, 5.74) is 6.84. The van der Waals surface area contributed by atoms with Gasteiger partial charge in [0.2, 0.25) is 5.91 Å². The van der Waals surface area contributed by atoms with Gasteiger partial charge in [0.15, 0.2) is 0 Å². The first-order valence-electron chi connectivity index (χ1n) is 7.51. The number of carbonyl (C=O) groups is 2. The molecule has 6 nitrogen and oxygen atoms in total. The SMILES string of the molecule is NC(=O)N[C@@H](CC(=O)Nc1cccc(-c2nccs2)c1)c1cccs1. The lowest BCUT2D eigenvalue weighted by atomic mass is 10.1. The van der Waals surface area contributed by atoms with Crippen molar-refractivity contribution in [3.8, 4) is 10.6 Å². The van der Waals surface area contributed by atoms with E-state index in [1.165, 1.54) is 22.7 Å². The molecule has 128 valence electrons. The molecule has 0 saturated carbocycles. The maximum absolute atomic E-state index is 12.4. The molecular weight excluding hydrogens is 356 g/mol. The molecule has 3 rings (SSSR count). The van der Waals surface area contributed by atoms with Gasteiger partial charge in [-0.1, -0.05) is 18.2 Å². The van der Waals surface area contributed by atoms with Crippen LogP contribution in [0.25, 0.3) is 10.6 Å². The number of nitrogens with zero attached hydrogens (tertiary/aromatic N) is 1. The van der Waals surface area contributed by atoms with Crippen LogP contribution >= 0.6 is 22.7 Å². The van der Waals surface area contributed by atoms with Gasteiger partial charge in [-0.05, 0) is 23.6 Å². The van der Waals surface area contributed by atoms with Gasteiger partial charge in [0.1, 0.15) is 5.01 Å². The molecule has 3 aromatic rings. The van der Waals surface area contributed by atoms with Crippen molar-refractivity contribution in [1.29, 1.82) is 0 Å². The summed E-state index contributed by atoms with van der Waals surface area (Å²) in [6.45, 7) is 0. The van der Waals surface area contributed by atoms with Gasteiger partial charge < -0.3 is 16.4 Å². The third-order valence-electron chi connectivity index (χ3n) is 3.42. The van der Waals surface area contributed by atoms with Crippen LogP contribution in [0.3, 0.4) is 0 Å². The van der Waals surface area contributed by atoms with Crippen LogP contribution in [0.4, 0.5) is 10.5 Å². The summed E-state index contributed by atoms with van der Waals surface area (Å²) in [7, 11) is 0. The number of urea groups is 1. The summed E-state index contributed by atoms with van der Waals surface area (Å²) >= 11 is 3.00. The fraction of sp³-hybridized carbons (Fsp3) is 0.118. The molecule has 0 saturated heterocycles. The number of primary amides is 1. The van der Waals surface area contributed by atoms with Gasteiger partial charge in [0.25, 0.3) is 0 Å². The van der Waals surface area contributed by atoms with E-state index in [-0.39, 0.29) is 12.3 Å². The number of thiazole rings is 1. The molecule has 4 N–H and O–H groups in total. The molecule has 0 aliphatic carbocycles. The smallest absolute Gasteiger partial charge is 0.312 e. The first kappa shape index (κ1) is 17.1. The topological polar surface area (TPSA) is 97.1 Å². The van der Waals surface area contributed by atoms with Crippen molar-refractivity contribution in [2.24, 2.45) is 5.73 Å². The molecule has 25 heavy (non-hydrogen) atoms. The van der Waals surface area contributed by atoms with Gasteiger partial charge in [-0.25, -0.2) is 9.78 Å². The number of nitrogens with two attached hydrogens (primary N) is 1. The standard InChI is InChI=1S/C17H16N4O2S2/c18-17(23)21-13(14-5-2-7-24-14)10-15(22)20-12-4-1-3-11(9-12)16-19-6-8-25-16/h1-9,13H,10H2,(H,20,22)(H3,18,21,23)/t13-/m0/s1. The highest BCUT2D eigenvalue weighted by Crippen LogP contribution is 2.26. The molecule has 0 unspecified atom stereocenters. The van der Waals surface area contributed by atoms with Crippen LogP contribution in [0.1, 0.15) is 17.3 Å². The predicted octanol–water partition coefficient (Wildman–Crippen LogP) is 3.61. The van der Waals surface area contributed by atoms with Crippen molar-refractivity contribution in [2.75, 3.05) is 5.32 Å². The monoisotopic (exact) mass is 372 g/mol. The third kappa shape index (κ3) is 4.65. The second kappa shape index (κ2) is 7.91. The van der Waals surface area contributed by atoms with Gasteiger partial charge in [0.05, 0.1) is 12.5 Å². The average molecular weight is 372 g/mol. The number of anilines is 1. The Kier molecular flexibility index (Phi) is 5.42. The molecule has 0 radical (unpaired) electrons. The third-order valence-corrected chi connectivity index (χ3v) is 5.23. The van der Waals surface area contributed by atoms with Crippen molar-refractivity contribution in [2.45, 2.75) is 12.5 Å². The molecule has 0 bridgehead atoms. The molecule has 2 heterocycles. The second-order valence-electron chi connectivity index (χ2n) is 5.25. The fourth-order valence-electron chi connectivity index (χ4n) is 2.38. The first-order valence-corrected chi connectivity index (χ1v) is 9.27. The predicted molar refractivity (Wildman–Crippen MR) is 101 cm³/mol. The highest BCUT2D eigenvalue weighted by Gasteiger charge is 2.18.